The maximum atomic E-state index is 14.6. The summed E-state index contributed by atoms with van der Waals surface area (Å²) in [6.07, 6.45) is 2.08. The van der Waals surface area contributed by atoms with Crippen molar-refractivity contribution in [1.82, 2.24) is 20.3 Å². The van der Waals surface area contributed by atoms with Crippen LogP contribution in [-0.2, 0) is 17.7 Å². The zero-order valence-electron chi connectivity index (χ0n) is 20.7. The van der Waals surface area contributed by atoms with E-state index in [0.717, 1.165) is 6.20 Å². The van der Waals surface area contributed by atoms with Crippen molar-refractivity contribution >= 4 is 11.0 Å². The molecular formula is C24H27FN4O5. The van der Waals surface area contributed by atoms with Crippen LogP contribution >= 0.6 is 0 Å². The van der Waals surface area contributed by atoms with Gasteiger partial charge in [0.25, 0.3) is 0 Å². The van der Waals surface area contributed by atoms with E-state index in [4.69, 9.17) is 21.7 Å². The molecule has 3 aromatic heterocycles. The highest BCUT2D eigenvalue weighted by atomic mass is 19.1. The van der Waals surface area contributed by atoms with Crippen LogP contribution in [0.15, 0.2) is 30.6 Å². The number of hydrogen-bond acceptors (Lipinski definition) is 9. The van der Waals surface area contributed by atoms with E-state index in [1.807, 2.05) is 0 Å². The summed E-state index contributed by atoms with van der Waals surface area (Å²) in [6.45, 7) is -0.924. The highest BCUT2D eigenvalue weighted by Gasteiger charge is 2.29. The standard InChI is InChI=1S/C24H27FN4O5/c1-31-23-5-3-18-24(29-23)16(17(25)11-28-18)9-19(30)20-4-2-14(13-34-20)26-10-15-8-21-22(12-27-15)33-7-6-32-21/h3,5,8,11-12,14,19-20,26,30H,2,4,6-7,9-10,13H2,1H3/t14-,19+,20+/m1/s1/i10D2. The summed E-state index contributed by atoms with van der Waals surface area (Å²) in [7, 11) is 1.47. The third kappa shape index (κ3) is 4.89. The number of halogens is 1. The van der Waals surface area contributed by atoms with E-state index in [2.05, 4.69) is 20.3 Å². The predicted octanol–water partition coefficient (Wildman–Crippen LogP) is 2.18. The molecule has 3 aromatic rings. The van der Waals surface area contributed by atoms with Gasteiger partial charge in [0.1, 0.15) is 19.0 Å². The van der Waals surface area contributed by atoms with Crippen molar-refractivity contribution in [1.29, 1.82) is 0 Å². The molecule has 5 heterocycles. The van der Waals surface area contributed by atoms with E-state index in [9.17, 15) is 9.50 Å². The molecule has 0 radical (unpaired) electrons. The first-order valence-electron chi connectivity index (χ1n) is 12.2. The summed E-state index contributed by atoms with van der Waals surface area (Å²) in [6, 6.07) is 4.56. The average molecular weight is 473 g/mol. The molecule has 10 heteroatoms. The number of fused-ring (bicyclic) bond motifs is 2. The molecule has 1 saturated heterocycles. The first kappa shape index (κ1) is 20.3. The van der Waals surface area contributed by atoms with Gasteiger partial charge < -0.3 is 29.4 Å². The van der Waals surface area contributed by atoms with Crippen molar-refractivity contribution in [3.05, 3.63) is 47.7 Å². The van der Waals surface area contributed by atoms with Gasteiger partial charge in [-0.05, 0) is 18.9 Å². The molecule has 0 amide bonds. The number of hydrogen-bond donors (Lipinski definition) is 2. The summed E-state index contributed by atoms with van der Waals surface area (Å²) in [4.78, 5) is 12.6. The highest BCUT2D eigenvalue weighted by molar-refractivity contribution is 5.78. The molecule has 9 nitrogen and oxygen atoms in total. The van der Waals surface area contributed by atoms with Crippen molar-refractivity contribution < 1.29 is 31.2 Å². The van der Waals surface area contributed by atoms with Crippen LogP contribution in [0.5, 0.6) is 17.4 Å². The van der Waals surface area contributed by atoms with Crippen LogP contribution in [0.2, 0.25) is 0 Å². The normalized spacial score (nSPS) is 22.1. The molecule has 3 atom stereocenters. The van der Waals surface area contributed by atoms with E-state index in [1.165, 1.54) is 19.4 Å². The monoisotopic (exact) mass is 472 g/mol. The van der Waals surface area contributed by atoms with Gasteiger partial charge in [-0.25, -0.2) is 9.37 Å². The SMILES string of the molecule is [2H]C([2H])(N[C@@H]1CC[C@@H]([C@@H](O)Cc2c(F)cnc3ccc(OC)nc23)OC1)c1cc2c(cn1)OCCO2. The maximum absolute atomic E-state index is 14.6. The molecule has 0 aromatic carbocycles. The van der Waals surface area contributed by atoms with Crippen LogP contribution in [0.4, 0.5) is 4.39 Å². The molecule has 5 rings (SSSR count). The van der Waals surface area contributed by atoms with Gasteiger partial charge in [0, 0.05) is 39.4 Å². The Kier molecular flexibility index (Phi) is 6.00. The molecule has 1 fully saturated rings. The average Bonchev–Trinajstić information content (AvgIpc) is 2.89. The zero-order chi connectivity index (χ0) is 25.3. The smallest absolute Gasteiger partial charge is 0.213 e. The maximum Gasteiger partial charge on any atom is 0.213 e. The number of pyridine rings is 3. The second-order valence-corrected chi connectivity index (χ2v) is 8.21. The van der Waals surface area contributed by atoms with E-state index < -0.39 is 24.5 Å². The van der Waals surface area contributed by atoms with Crippen molar-refractivity contribution in [3.63, 3.8) is 0 Å². The van der Waals surface area contributed by atoms with E-state index in [0.29, 0.717) is 54.5 Å². The van der Waals surface area contributed by atoms with Crippen LogP contribution in [0.1, 0.15) is 26.8 Å². The Labute approximate surface area is 199 Å². The summed E-state index contributed by atoms with van der Waals surface area (Å²) in [5.41, 5.74) is 1.26. The Bertz CT molecular complexity index is 1240. The lowest BCUT2D eigenvalue weighted by atomic mass is 9.96. The quantitative estimate of drug-likeness (QED) is 0.535. The van der Waals surface area contributed by atoms with Crippen LogP contribution in [0, 0.1) is 5.82 Å². The molecular weight excluding hydrogens is 443 g/mol. The van der Waals surface area contributed by atoms with E-state index >= 15 is 0 Å². The zero-order valence-corrected chi connectivity index (χ0v) is 18.7. The summed E-state index contributed by atoms with van der Waals surface area (Å²) in [5, 5.41) is 13.8. The molecule has 2 aliphatic rings. The number of aliphatic hydroxyl groups is 1. The molecule has 2 aliphatic heterocycles. The first-order valence-corrected chi connectivity index (χ1v) is 11.2. The van der Waals surface area contributed by atoms with Gasteiger partial charge in [-0.15, -0.1) is 0 Å². The summed E-state index contributed by atoms with van der Waals surface area (Å²) in [5.74, 6) is 0.724. The fourth-order valence-electron chi connectivity index (χ4n) is 4.11. The Morgan fingerprint density at radius 2 is 2.09 bits per heavy atom. The highest BCUT2D eigenvalue weighted by Crippen LogP contribution is 2.29. The molecule has 0 aliphatic carbocycles. The fraction of sp³-hybridized carbons (Fsp3) is 0.458. The van der Waals surface area contributed by atoms with Gasteiger partial charge in [0.2, 0.25) is 5.88 Å². The third-order valence-corrected chi connectivity index (χ3v) is 5.94. The minimum atomic E-state index is -1.93. The predicted molar refractivity (Wildman–Crippen MR) is 121 cm³/mol. The second-order valence-electron chi connectivity index (χ2n) is 8.21. The number of ether oxygens (including phenoxy) is 4. The Balaban J connectivity index is 1.21. The number of methoxy groups -OCH3 is 1. The van der Waals surface area contributed by atoms with Crippen LogP contribution < -0.4 is 19.5 Å². The fourth-order valence-corrected chi connectivity index (χ4v) is 4.11. The van der Waals surface area contributed by atoms with Crippen LogP contribution in [0.3, 0.4) is 0 Å². The van der Waals surface area contributed by atoms with Crippen molar-refractivity contribution in [3.8, 4) is 17.4 Å². The van der Waals surface area contributed by atoms with Gasteiger partial charge in [0.15, 0.2) is 11.5 Å². The number of nitrogens with one attached hydrogen (secondary N) is 1. The van der Waals surface area contributed by atoms with Gasteiger partial charge in [-0.1, -0.05) is 0 Å². The Hall–Kier alpha value is -3.08. The van der Waals surface area contributed by atoms with Gasteiger partial charge in [-0.3, -0.25) is 9.97 Å². The third-order valence-electron chi connectivity index (χ3n) is 5.94. The minimum absolute atomic E-state index is 0.00424. The van der Waals surface area contributed by atoms with E-state index in [-0.39, 0.29) is 30.3 Å². The number of rotatable bonds is 7. The second kappa shape index (κ2) is 10.0. The lowest BCUT2D eigenvalue weighted by Crippen LogP contribution is -2.44. The molecule has 34 heavy (non-hydrogen) atoms. The lowest BCUT2D eigenvalue weighted by molar-refractivity contribution is -0.0719. The van der Waals surface area contributed by atoms with Crippen LogP contribution in [-0.4, -0.2) is 65.2 Å². The van der Waals surface area contributed by atoms with Crippen molar-refractivity contribution in [2.45, 2.75) is 44.0 Å². The number of aromatic nitrogens is 3. The summed E-state index contributed by atoms with van der Waals surface area (Å²) >= 11 is 0. The molecule has 0 saturated carbocycles. The largest absolute Gasteiger partial charge is 0.486 e. The van der Waals surface area contributed by atoms with Crippen LogP contribution in [0.25, 0.3) is 11.0 Å². The molecule has 2 N–H and O–H groups in total. The van der Waals surface area contributed by atoms with Crippen molar-refractivity contribution in [2.24, 2.45) is 0 Å². The lowest BCUT2D eigenvalue weighted by Gasteiger charge is -2.32. The Morgan fingerprint density at radius 3 is 2.88 bits per heavy atom. The van der Waals surface area contributed by atoms with E-state index in [1.54, 1.807) is 12.1 Å². The molecule has 180 valence electrons. The minimum Gasteiger partial charge on any atom is -0.486 e. The first-order chi connectivity index (χ1) is 17.3. The van der Waals surface area contributed by atoms with Gasteiger partial charge in [-0.2, -0.15) is 0 Å². The molecule has 0 bridgehead atoms. The summed E-state index contributed by atoms with van der Waals surface area (Å²) < 4.78 is 53.6. The number of nitrogens with zero attached hydrogens (tertiary/aromatic N) is 3. The topological polar surface area (TPSA) is 108 Å². The molecule has 0 unspecified atom stereocenters. The Morgan fingerprint density at radius 1 is 1.24 bits per heavy atom. The van der Waals surface area contributed by atoms with Gasteiger partial charge >= 0.3 is 0 Å². The van der Waals surface area contributed by atoms with Crippen molar-refractivity contribution in [2.75, 3.05) is 26.9 Å². The number of aliphatic hydroxyl groups excluding tert-OH is 1. The molecule has 0 spiro atoms. The van der Waals surface area contributed by atoms with Gasteiger partial charge in [0.05, 0.1) is 55.0 Å².